The topological polar surface area (TPSA) is 288 Å². The van der Waals surface area contributed by atoms with E-state index in [9.17, 15) is 14.7 Å². The van der Waals surface area contributed by atoms with Crippen molar-refractivity contribution in [3.8, 4) is 34.4 Å². The molecule has 7 rings (SSSR count). The monoisotopic (exact) mass is 756 g/mol. The lowest BCUT2D eigenvalue weighted by atomic mass is 10.1. The van der Waals surface area contributed by atoms with E-state index in [0.29, 0.717) is 22.8 Å². The zero-order valence-corrected chi connectivity index (χ0v) is 30.5. The summed E-state index contributed by atoms with van der Waals surface area (Å²) in [4.78, 5) is 43.0. The Morgan fingerprint density at radius 1 is 0.714 bits per heavy atom. The second-order valence-electron chi connectivity index (χ2n) is 11.9. The minimum atomic E-state index is -0.776. The highest BCUT2D eigenvalue weighted by atomic mass is 16.5. The van der Waals surface area contributed by atoms with Crippen molar-refractivity contribution in [2.75, 3.05) is 25.2 Å². The molecule has 22 nitrogen and oxygen atoms in total. The molecule has 0 atom stereocenters. The number of aromatic nitrogens is 12. The summed E-state index contributed by atoms with van der Waals surface area (Å²) >= 11 is 0. The molecule has 7 heterocycles. The highest BCUT2D eigenvalue weighted by Crippen LogP contribution is 2.36. The molecule has 7 aromatic heterocycles. The molecule has 7 aromatic rings. The molecule has 0 aliphatic carbocycles. The van der Waals surface area contributed by atoms with E-state index in [-0.39, 0.29) is 68.8 Å². The van der Waals surface area contributed by atoms with Crippen LogP contribution in [-0.4, -0.2) is 89.6 Å². The molecule has 56 heavy (non-hydrogen) atoms. The van der Waals surface area contributed by atoms with Gasteiger partial charge in [0, 0.05) is 32.6 Å². The van der Waals surface area contributed by atoms with Crippen LogP contribution in [0.25, 0.3) is 34.4 Å². The van der Waals surface area contributed by atoms with Crippen molar-refractivity contribution in [3.05, 3.63) is 83.7 Å². The number of aliphatic hydroxyl groups is 1. The Morgan fingerprint density at radius 2 is 1.20 bits per heavy atom. The predicted octanol–water partition coefficient (Wildman–Crippen LogP) is 4.01. The summed E-state index contributed by atoms with van der Waals surface area (Å²) in [5.41, 5.74) is 15.7. The predicted molar refractivity (Wildman–Crippen MR) is 199 cm³/mol. The first-order valence-corrected chi connectivity index (χ1v) is 16.6. The average Bonchev–Trinajstić information content (AvgIpc) is 3.91. The number of aryl methyl sites for hydroxylation is 4. The summed E-state index contributed by atoms with van der Waals surface area (Å²) in [7, 11) is 4.45. The van der Waals surface area contributed by atoms with Gasteiger partial charge in [-0.3, -0.25) is 14.8 Å². The van der Waals surface area contributed by atoms with Crippen molar-refractivity contribution in [1.82, 2.24) is 59.1 Å². The van der Waals surface area contributed by atoms with Crippen molar-refractivity contribution < 1.29 is 19.4 Å². The van der Waals surface area contributed by atoms with E-state index in [4.69, 9.17) is 16.2 Å². The van der Waals surface area contributed by atoms with Crippen LogP contribution >= 0.6 is 0 Å². The van der Waals surface area contributed by atoms with Gasteiger partial charge in [-0.1, -0.05) is 12.1 Å². The van der Waals surface area contributed by atoms with Gasteiger partial charge in [-0.2, -0.15) is 29.8 Å². The van der Waals surface area contributed by atoms with Gasteiger partial charge in [0.15, 0.2) is 52.1 Å². The number of nitrogen functional groups attached to an aromatic ring is 2. The van der Waals surface area contributed by atoms with Crippen LogP contribution in [0, 0.1) is 13.8 Å². The van der Waals surface area contributed by atoms with E-state index >= 15 is 0 Å². The smallest absolute Gasteiger partial charge is 0.344 e. The van der Waals surface area contributed by atoms with Gasteiger partial charge in [0.05, 0.1) is 35.4 Å². The zero-order valence-electron chi connectivity index (χ0n) is 30.5. The maximum atomic E-state index is 12.9. The number of nitrogens with zero attached hydrogens (tertiary/aromatic N) is 16. The van der Waals surface area contributed by atoms with E-state index in [1.807, 2.05) is 0 Å². The van der Waals surface area contributed by atoms with Crippen molar-refractivity contribution in [2.24, 2.45) is 34.6 Å². The molecule has 5 N–H and O–H groups in total. The van der Waals surface area contributed by atoms with Crippen molar-refractivity contribution >= 4 is 46.4 Å². The maximum Gasteiger partial charge on any atom is 0.344 e. The minimum Gasteiger partial charge on any atom is -0.465 e. The first-order valence-electron chi connectivity index (χ1n) is 16.6. The Kier molecular flexibility index (Phi) is 9.68. The fourth-order valence-electron chi connectivity index (χ4n) is 5.68. The molecule has 0 spiro atoms. The number of carbonyl (C=O) groups is 2. The number of Topliss-reactive ketones (excluding diaryl/α,β-unsaturated/α-hetero) is 1. The van der Waals surface area contributed by atoms with Gasteiger partial charge in [-0.05, 0) is 38.1 Å². The fraction of sp³-hybridized carbons (Fsp3) is 0.176. The average molecular weight is 757 g/mol. The molecule has 0 aliphatic heterocycles. The lowest BCUT2D eigenvalue weighted by molar-refractivity contribution is 0.0602. The SMILES string of the molecule is COC(=O)c1c(-c2ccccn2)nn(C)c1/N=N/c1c(C)nn(-c2cc(-n3nc(C)c(/N=N/c4c(C(=O)CO)c(-c5ccccn5)nn4C)c3N)ncn2)c1N. The van der Waals surface area contributed by atoms with E-state index in [1.165, 1.54) is 32.2 Å². The standard InChI is InChI=1S/C34H32N18O4/c1-17-26(41-43-32-24(21(54)15-53)28(47-49(32)3)19-10-6-8-12-37-19)30(35)51(45-17)22-14-23(40-16-39-22)52-31(36)27(18(2)46-52)42-44-33-25(34(55)56-5)29(48-50(33)4)20-11-7-9-13-38-20/h6-14,16,53H,15,35-36H2,1-5H3/b43-41+,44-42+. The van der Waals surface area contributed by atoms with Gasteiger partial charge in [-0.25, -0.2) is 24.1 Å². The van der Waals surface area contributed by atoms with Gasteiger partial charge in [0.1, 0.15) is 29.9 Å². The van der Waals surface area contributed by atoms with Gasteiger partial charge in [-0.15, -0.1) is 20.5 Å². The number of azo groups is 2. The normalized spacial score (nSPS) is 11.6. The summed E-state index contributed by atoms with van der Waals surface area (Å²) in [6.07, 6.45) is 4.42. The number of ketones is 1. The zero-order chi connectivity index (χ0) is 39.7. The number of ether oxygens (including phenoxy) is 1. The quantitative estimate of drug-likeness (QED) is 0.0955. The molecule has 0 bridgehead atoms. The number of methoxy groups -OCH3 is 1. The molecular formula is C34H32N18O4. The second-order valence-corrected chi connectivity index (χ2v) is 11.9. The first kappa shape index (κ1) is 36.5. The maximum absolute atomic E-state index is 12.9. The molecule has 0 amide bonds. The molecule has 282 valence electrons. The third kappa shape index (κ3) is 6.51. The van der Waals surface area contributed by atoms with E-state index in [1.54, 1.807) is 82.8 Å². The van der Waals surface area contributed by atoms with Gasteiger partial charge in [0.25, 0.3) is 0 Å². The Labute approximate surface area is 316 Å². The third-order valence-corrected chi connectivity index (χ3v) is 8.35. The van der Waals surface area contributed by atoms with Crippen LogP contribution < -0.4 is 11.5 Å². The lowest BCUT2D eigenvalue weighted by Gasteiger charge is -2.06. The Balaban J connectivity index is 1.20. The van der Waals surface area contributed by atoms with Crippen molar-refractivity contribution in [2.45, 2.75) is 13.8 Å². The third-order valence-electron chi connectivity index (χ3n) is 8.35. The lowest BCUT2D eigenvalue weighted by Crippen LogP contribution is -2.09. The largest absolute Gasteiger partial charge is 0.465 e. The van der Waals surface area contributed by atoms with Crippen LogP contribution in [0.4, 0.5) is 34.6 Å². The van der Waals surface area contributed by atoms with Crippen LogP contribution in [0.5, 0.6) is 0 Å². The number of rotatable bonds is 11. The molecule has 0 saturated carbocycles. The summed E-state index contributed by atoms with van der Waals surface area (Å²) < 4.78 is 10.4. The Morgan fingerprint density at radius 3 is 1.64 bits per heavy atom. The second kappa shape index (κ2) is 14.9. The summed E-state index contributed by atoms with van der Waals surface area (Å²) in [5, 5.41) is 44.9. The van der Waals surface area contributed by atoms with Gasteiger partial charge < -0.3 is 21.3 Å². The minimum absolute atomic E-state index is 0.0472. The molecule has 0 aliphatic rings. The molecule has 0 saturated heterocycles. The molecule has 0 fully saturated rings. The number of hydrogen-bond donors (Lipinski definition) is 3. The van der Waals surface area contributed by atoms with E-state index in [2.05, 4.69) is 60.8 Å². The van der Waals surface area contributed by atoms with Crippen LogP contribution in [-0.2, 0) is 18.8 Å². The number of carbonyl (C=O) groups excluding carboxylic acids is 2. The van der Waals surface area contributed by atoms with E-state index < -0.39 is 18.4 Å². The van der Waals surface area contributed by atoms with Crippen LogP contribution in [0.3, 0.4) is 0 Å². The Hall–Kier alpha value is -7.88. The number of anilines is 2. The molecular weight excluding hydrogens is 724 g/mol. The van der Waals surface area contributed by atoms with Gasteiger partial charge in [0.2, 0.25) is 0 Å². The summed E-state index contributed by atoms with van der Waals surface area (Å²) in [6, 6.07) is 11.9. The number of pyridine rings is 2. The van der Waals surface area contributed by atoms with Crippen LogP contribution in [0.15, 0.2) is 81.6 Å². The van der Waals surface area contributed by atoms with Crippen molar-refractivity contribution in [1.29, 1.82) is 0 Å². The fourth-order valence-corrected chi connectivity index (χ4v) is 5.68. The summed E-state index contributed by atoms with van der Waals surface area (Å²) in [6.45, 7) is 2.58. The van der Waals surface area contributed by atoms with Crippen LogP contribution in [0.1, 0.15) is 32.1 Å². The number of aliphatic hydroxyl groups excluding tert-OH is 1. The van der Waals surface area contributed by atoms with Crippen molar-refractivity contribution in [3.63, 3.8) is 0 Å². The number of hydrogen-bond acceptors (Lipinski definition) is 18. The highest BCUT2D eigenvalue weighted by Gasteiger charge is 2.27. The molecule has 0 aromatic carbocycles. The molecule has 0 radical (unpaired) electrons. The van der Waals surface area contributed by atoms with Crippen LogP contribution in [0.2, 0.25) is 0 Å². The Bertz CT molecular complexity index is 2490. The summed E-state index contributed by atoms with van der Waals surface area (Å²) in [5.74, 6) is -0.469. The van der Waals surface area contributed by atoms with Gasteiger partial charge >= 0.3 is 5.97 Å². The first-order chi connectivity index (χ1) is 27.0. The molecule has 22 heteroatoms. The number of nitrogens with two attached hydrogens (primary N) is 2. The number of esters is 1. The highest BCUT2D eigenvalue weighted by molar-refractivity contribution is 6.05. The molecule has 0 unspecified atom stereocenters. The van der Waals surface area contributed by atoms with E-state index in [0.717, 1.165) is 0 Å².